The second-order valence-electron chi connectivity index (χ2n) is 7.59. The van der Waals surface area contributed by atoms with Gasteiger partial charge in [0.15, 0.2) is 5.78 Å². The first kappa shape index (κ1) is 18.2. The van der Waals surface area contributed by atoms with Gasteiger partial charge in [0.25, 0.3) is 5.91 Å². The Labute approximate surface area is 143 Å². The molecule has 0 atom stereocenters. The number of carbonyl (C=O) groups excluding carboxylic acids is 2. The monoisotopic (exact) mass is 329 g/mol. The van der Waals surface area contributed by atoms with Crippen LogP contribution in [-0.2, 0) is 0 Å². The minimum Gasteiger partial charge on any atom is -0.352 e. The van der Waals surface area contributed by atoms with Crippen molar-refractivity contribution in [1.29, 1.82) is 0 Å². The SMILES string of the molecule is CN(C)CCN(C)C(=O)c1ccc2[nH]c(C(=O)C(C)(C)C)cc2c1. The molecule has 2 aromatic rings. The number of H-pyrrole nitrogens is 1. The van der Waals surface area contributed by atoms with Crippen LogP contribution in [0.15, 0.2) is 24.3 Å². The van der Waals surface area contributed by atoms with Crippen LogP contribution in [0.1, 0.15) is 41.6 Å². The van der Waals surface area contributed by atoms with E-state index in [4.69, 9.17) is 0 Å². The van der Waals surface area contributed by atoms with Gasteiger partial charge in [-0.05, 0) is 38.4 Å². The van der Waals surface area contributed by atoms with E-state index < -0.39 is 5.41 Å². The number of amides is 1. The van der Waals surface area contributed by atoms with Gasteiger partial charge in [0, 0.05) is 42.0 Å². The smallest absolute Gasteiger partial charge is 0.253 e. The number of likely N-dealkylation sites (N-methyl/N-ethyl adjacent to an activating group) is 2. The van der Waals surface area contributed by atoms with Gasteiger partial charge in [-0.25, -0.2) is 0 Å². The summed E-state index contributed by atoms with van der Waals surface area (Å²) in [5.74, 6) is 0.0540. The molecule has 0 unspecified atom stereocenters. The molecule has 0 bridgehead atoms. The maximum Gasteiger partial charge on any atom is 0.253 e. The fraction of sp³-hybridized carbons (Fsp3) is 0.474. The molecule has 1 aromatic heterocycles. The Morgan fingerprint density at radius 3 is 2.29 bits per heavy atom. The van der Waals surface area contributed by atoms with Crippen LogP contribution in [0.4, 0.5) is 0 Å². The van der Waals surface area contributed by atoms with E-state index in [0.29, 0.717) is 17.8 Å². The summed E-state index contributed by atoms with van der Waals surface area (Å²) < 4.78 is 0. The highest BCUT2D eigenvalue weighted by molar-refractivity contribution is 6.04. The Morgan fingerprint density at radius 2 is 1.71 bits per heavy atom. The average Bonchev–Trinajstić information content (AvgIpc) is 2.92. The number of fused-ring (bicyclic) bond motifs is 1. The molecular formula is C19H27N3O2. The molecule has 0 fully saturated rings. The number of hydrogen-bond acceptors (Lipinski definition) is 3. The molecule has 1 heterocycles. The van der Waals surface area contributed by atoms with Gasteiger partial charge >= 0.3 is 0 Å². The second kappa shape index (κ2) is 6.77. The van der Waals surface area contributed by atoms with Crippen molar-refractivity contribution in [2.24, 2.45) is 5.41 Å². The van der Waals surface area contributed by atoms with Gasteiger partial charge in [-0.15, -0.1) is 0 Å². The van der Waals surface area contributed by atoms with Crippen molar-refractivity contribution >= 4 is 22.6 Å². The summed E-state index contributed by atoms with van der Waals surface area (Å²) >= 11 is 0. The maximum absolute atomic E-state index is 12.5. The maximum atomic E-state index is 12.5. The van der Waals surface area contributed by atoms with Crippen molar-refractivity contribution < 1.29 is 9.59 Å². The molecule has 5 nitrogen and oxygen atoms in total. The minimum atomic E-state index is -0.439. The summed E-state index contributed by atoms with van der Waals surface area (Å²) in [7, 11) is 5.78. The normalized spacial score (nSPS) is 12.0. The molecule has 24 heavy (non-hydrogen) atoms. The molecule has 0 radical (unpaired) electrons. The molecule has 0 aliphatic carbocycles. The number of aromatic amines is 1. The largest absolute Gasteiger partial charge is 0.352 e. The Bertz CT molecular complexity index is 754. The fourth-order valence-electron chi connectivity index (χ4n) is 2.46. The first-order valence-corrected chi connectivity index (χ1v) is 8.17. The van der Waals surface area contributed by atoms with Gasteiger partial charge in [-0.3, -0.25) is 9.59 Å². The lowest BCUT2D eigenvalue weighted by Gasteiger charge is -2.19. The second-order valence-corrected chi connectivity index (χ2v) is 7.59. The minimum absolute atomic E-state index is 0.0105. The van der Waals surface area contributed by atoms with Crippen LogP contribution < -0.4 is 0 Å². The zero-order chi connectivity index (χ0) is 18.1. The van der Waals surface area contributed by atoms with E-state index in [9.17, 15) is 9.59 Å². The number of benzene rings is 1. The van der Waals surface area contributed by atoms with E-state index in [1.165, 1.54) is 0 Å². The van der Waals surface area contributed by atoms with Crippen LogP contribution in [0.2, 0.25) is 0 Å². The number of ketones is 1. The molecule has 5 heteroatoms. The van der Waals surface area contributed by atoms with E-state index in [1.807, 2.05) is 65.0 Å². The third kappa shape index (κ3) is 4.03. The molecule has 1 aromatic carbocycles. The zero-order valence-electron chi connectivity index (χ0n) is 15.4. The summed E-state index contributed by atoms with van der Waals surface area (Å²) in [6.07, 6.45) is 0. The van der Waals surface area contributed by atoms with Crippen LogP contribution in [0.3, 0.4) is 0 Å². The van der Waals surface area contributed by atoms with Crippen molar-refractivity contribution in [2.75, 3.05) is 34.2 Å². The van der Waals surface area contributed by atoms with Crippen molar-refractivity contribution in [3.8, 4) is 0 Å². The highest BCUT2D eigenvalue weighted by Gasteiger charge is 2.24. The molecule has 0 saturated carbocycles. The van der Waals surface area contributed by atoms with E-state index in [1.54, 1.807) is 11.0 Å². The van der Waals surface area contributed by atoms with Crippen molar-refractivity contribution in [3.05, 3.63) is 35.5 Å². The lowest BCUT2D eigenvalue weighted by molar-refractivity contribution is 0.0786. The number of rotatable bonds is 5. The molecule has 1 N–H and O–H groups in total. The first-order valence-electron chi connectivity index (χ1n) is 8.17. The van der Waals surface area contributed by atoms with Crippen LogP contribution in [0.5, 0.6) is 0 Å². The van der Waals surface area contributed by atoms with E-state index in [-0.39, 0.29) is 11.7 Å². The number of aromatic nitrogens is 1. The molecular weight excluding hydrogens is 302 g/mol. The zero-order valence-corrected chi connectivity index (χ0v) is 15.4. The third-order valence-corrected chi connectivity index (χ3v) is 4.02. The number of Topliss-reactive ketones (excluding diaryl/α,β-unsaturated/α-hetero) is 1. The highest BCUT2D eigenvalue weighted by Crippen LogP contribution is 2.24. The molecule has 1 amide bonds. The summed E-state index contributed by atoms with van der Waals surface area (Å²) in [6.45, 7) is 7.18. The van der Waals surface area contributed by atoms with E-state index in [2.05, 4.69) is 4.98 Å². The predicted molar refractivity (Wildman–Crippen MR) is 97.6 cm³/mol. The van der Waals surface area contributed by atoms with Gasteiger partial charge in [-0.2, -0.15) is 0 Å². The fourth-order valence-corrected chi connectivity index (χ4v) is 2.46. The molecule has 0 aliphatic heterocycles. The third-order valence-electron chi connectivity index (χ3n) is 4.02. The summed E-state index contributed by atoms with van der Waals surface area (Å²) in [5, 5.41) is 0.884. The number of nitrogens with zero attached hydrogens (tertiary/aromatic N) is 2. The molecule has 0 aliphatic rings. The van der Waals surface area contributed by atoms with Crippen LogP contribution in [0.25, 0.3) is 10.9 Å². The Balaban J connectivity index is 2.25. The highest BCUT2D eigenvalue weighted by atomic mass is 16.2. The van der Waals surface area contributed by atoms with Gasteiger partial charge in [0.05, 0.1) is 5.69 Å². The number of carbonyl (C=O) groups is 2. The molecule has 130 valence electrons. The molecule has 2 rings (SSSR count). The van der Waals surface area contributed by atoms with Gasteiger partial charge in [-0.1, -0.05) is 20.8 Å². The van der Waals surface area contributed by atoms with E-state index in [0.717, 1.165) is 17.4 Å². The topological polar surface area (TPSA) is 56.4 Å². The average molecular weight is 329 g/mol. The van der Waals surface area contributed by atoms with Crippen LogP contribution in [-0.4, -0.2) is 60.7 Å². The molecule has 0 saturated heterocycles. The van der Waals surface area contributed by atoms with Crippen molar-refractivity contribution in [1.82, 2.24) is 14.8 Å². The predicted octanol–water partition coefficient (Wildman–Crippen LogP) is 3.03. The van der Waals surface area contributed by atoms with E-state index >= 15 is 0 Å². The first-order chi connectivity index (χ1) is 11.1. The lowest BCUT2D eigenvalue weighted by atomic mass is 9.89. The van der Waals surface area contributed by atoms with Crippen LogP contribution >= 0.6 is 0 Å². The summed E-state index contributed by atoms with van der Waals surface area (Å²) in [5.41, 5.74) is 1.65. The van der Waals surface area contributed by atoms with Crippen molar-refractivity contribution in [2.45, 2.75) is 20.8 Å². The van der Waals surface area contributed by atoms with Crippen LogP contribution in [0, 0.1) is 5.41 Å². The standard InChI is InChI=1S/C19H27N3O2/c1-19(2,3)17(23)16-12-14-11-13(7-8-15(14)20-16)18(24)22(6)10-9-21(4)5/h7-8,11-12,20H,9-10H2,1-6H3. The van der Waals surface area contributed by atoms with Gasteiger partial charge < -0.3 is 14.8 Å². The Kier molecular flexibility index (Phi) is 5.13. The summed E-state index contributed by atoms with van der Waals surface area (Å²) in [6, 6.07) is 7.35. The summed E-state index contributed by atoms with van der Waals surface area (Å²) in [4.78, 5) is 31.9. The van der Waals surface area contributed by atoms with Gasteiger partial charge in [0.2, 0.25) is 0 Å². The lowest BCUT2D eigenvalue weighted by Crippen LogP contribution is -2.33. The number of nitrogens with one attached hydrogen (secondary N) is 1. The van der Waals surface area contributed by atoms with Crippen molar-refractivity contribution in [3.63, 3.8) is 0 Å². The molecule has 0 spiro atoms. The van der Waals surface area contributed by atoms with Gasteiger partial charge in [0.1, 0.15) is 0 Å². The Morgan fingerprint density at radius 1 is 1.04 bits per heavy atom. The Hall–Kier alpha value is -2.14. The number of hydrogen-bond donors (Lipinski definition) is 1. The quantitative estimate of drug-likeness (QED) is 0.858.